The van der Waals surface area contributed by atoms with Gasteiger partial charge in [0.2, 0.25) is 11.8 Å². The van der Waals surface area contributed by atoms with Crippen LogP contribution < -0.4 is 16.8 Å². The topological polar surface area (TPSA) is 107 Å². The summed E-state index contributed by atoms with van der Waals surface area (Å²) in [4.78, 5) is 21.9. The van der Waals surface area contributed by atoms with Crippen molar-refractivity contribution in [3.8, 4) is 0 Å². The Hall–Kier alpha value is -1.14. The molecule has 98 valence electrons. The van der Waals surface area contributed by atoms with E-state index >= 15 is 0 Å². The molecule has 5 N–H and O–H groups in total. The van der Waals surface area contributed by atoms with E-state index in [1.54, 1.807) is 0 Å². The second-order valence-electron chi connectivity index (χ2n) is 4.62. The number of amides is 2. The van der Waals surface area contributed by atoms with Crippen LogP contribution in [-0.4, -0.2) is 37.1 Å². The predicted octanol–water partition coefficient (Wildman–Crippen LogP) is -0.734. The molecule has 0 aromatic heterocycles. The molecule has 0 bridgehead atoms. The number of nitrogens with one attached hydrogen (secondary N) is 1. The first-order chi connectivity index (χ1) is 8.02. The summed E-state index contributed by atoms with van der Waals surface area (Å²) in [6.45, 7) is 0.547. The second kappa shape index (κ2) is 6.56. The molecule has 2 amide bonds. The molecule has 0 aliphatic heterocycles. The van der Waals surface area contributed by atoms with Gasteiger partial charge in [-0.3, -0.25) is 9.59 Å². The fraction of sp³-hybridized carbons (Fsp3) is 0.818. The third kappa shape index (κ3) is 5.65. The molecular formula is C11H21N3O3. The highest BCUT2D eigenvalue weighted by Gasteiger charge is 2.31. The maximum Gasteiger partial charge on any atom is 0.243 e. The molecule has 1 aliphatic carbocycles. The quantitative estimate of drug-likeness (QED) is 0.512. The molecule has 0 saturated heterocycles. The highest BCUT2D eigenvalue weighted by molar-refractivity contribution is 5.77. The summed E-state index contributed by atoms with van der Waals surface area (Å²) in [5, 5.41) is 2.71. The van der Waals surface area contributed by atoms with Gasteiger partial charge in [0.15, 0.2) is 0 Å². The largest absolute Gasteiger partial charge is 0.370 e. The molecule has 0 aromatic carbocycles. The summed E-state index contributed by atoms with van der Waals surface area (Å²) < 4.78 is 4.92. The van der Waals surface area contributed by atoms with Crippen LogP contribution >= 0.6 is 0 Å². The summed E-state index contributed by atoms with van der Waals surface area (Å²) in [7, 11) is 0. The van der Waals surface area contributed by atoms with Gasteiger partial charge in [0, 0.05) is 18.5 Å². The first-order valence-electron chi connectivity index (χ1n) is 5.93. The molecular weight excluding hydrogens is 222 g/mol. The number of carbonyl (C=O) groups excluding carboxylic acids is 2. The molecule has 1 rings (SSSR count). The van der Waals surface area contributed by atoms with E-state index < -0.39 is 5.91 Å². The average Bonchev–Trinajstić information content (AvgIpc) is 2.63. The van der Waals surface area contributed by atoms with Crippen molar-refractivity contribution in [1.29, 1.82) is 0 Å². The lowest BCUT2D eigenvalue weighted by Gasteiger charge is -2.22. The molecule has 1 aliphatic rings. The standard InChI is InChI=1S/C11H21N3O3/c12-9(15)8-17-6-5-14-10(16)7-11(13)3-1-2-4-11/h1-8,13H2,(H2,12,15)(H,14,16). The summed E-state index contributed by atoms with van der Waals surface area (Å²) in [6.07, 6.45) is 4.40. The van der Waals surface area contributed by atoms with Gasteiger partial charge in [-0.05, 0) is 12.8 Å². The van der Waals surface area contributed by atoms with Gasteiger partial charge < -0.3 is 21.5 Å². The smallest absolute Gasteiger partial charge is 0.243 e. The minimum absolute atomic E-state index is 0.0583. The Balaban J connectivity index is 2.07. The number of nitrogens with two attached hydrogens (primary N) is 2. The monoisotopic (exact) mass is 243 g/mol. The van der Waals surface area contributed by atoms with E-state index in [0.717, 1.165) is 25.7 Å². The van der Waals surface area contributed by atoms with Crippen LogP contribution in [0.1, 0.15) is 32.1 Å². The molecule has 6 nitrogen and oxygen atoms in total. The number of carbonyl (C=O) groups is 2. The highest BCUT2D eigenvalue weighted by Crippen LogP contribution is 2.29. The van der Waals surface area contributed by atoms with E-state index in [9.17, 15) is 9.59 Å². The summed E-state index contributed by atoms with van der Waals surface area (Å²) in [5.74, 6) is -0.569. The van der Waals surface area contributed by atoms with Gasteiger partial charge in [0.25, 0.3) is 0 Å². The zero-order chi connectivity index (χ0) is 12.7. The first-order valence-corrected chi connectivity index (χ1v) is 5.93. The van der Waals surface area contributed by atoms with Crippen LogP contribution in [0.25, 0.3) is 0 Å². The maximum atomic E-state index is 11.6. The molecule has 0 unspecified atom stereocenters. The van der Waals surface area contributed by atoms with Crippen molar-refractivity contribution in [2.75, 3.05) is 19.8 Å². The lowest BCUT2D eigenvalue weighted by molar-refractivity contribution is -0.123. The molecule has 17 heavy (non-hydrogen) atoms. The SMILES string of the molecule is NC(=O)COCCNC(=O)CC1(N)CCCC1. The average molecular weight is 243 g/mol. The first kappa shape index (κ1) is 13.9. The van der Waals surface area contributed by atoms with Gasteiger partial charge >= 0.3 is 0 Å². The van der Waals surface area contributed by atoms with Gasteiger partial charge in [-0.2, -0.15) is 0 Å². The van der Waals surface area contributed by atoms with Crippen molar-refractivity contribution < 1.29 is 14.3 Å². The third-order valence-corrected chi connectivity index (χ3v) is 2.92. The van der Waals surface area contributed by atoms with Crippen molar-refractivity contribution in [2.24, 2.45) is 11.5 Å². The predicted molar refractivity (Wildman–Crippen MR) is 63.0 cm³/mol. The number of rotatable bonds is 7. The van der Waals surface area contributed by atoms with E-state index in [0.29, 0.717) is 13.0 Å². The third-order valence-electron chi connectivity index (χ3n) is 2.92. The lowest BCUT2D eigenvalue weighted by atomic mass is 9.94. The Bertz CT molecular complexity index is 275. The van der Waals surface area contributed by atoms with Crippen molar-refractivity contribution in [2.45, 2.75) is 37.6 Å². The number of primary amides is 1. The summed E-state index contributed by atoms with van der Waals surface area (Å²) in [6, 6.07) is 0. The molecule has 1 saturated carbocycles. The number of hydrogen-bond donors (Lipinski definition) is 3. The molecule has 0 atom stereocenters. The van der Waals surface area contributed by atoms with Crippen LogP contribution in [0.3, 0.4) is 0 Å². The minimum atomic E-state index is -0.511. The Labute approximate surface area is 101 Å². The van der Waals surface area contributed by atoms with Crippen LogP contribution in [0, 0.1) is 0 Å². The van der Waals surface area contributed by atoms with Crippen LogP contribution in [0.15, 0.2) is 0 Å². The zero-order valence-corrected chi connectivity index (χ0v) is 10.0. The van der Waals surface area contributed by atoms with Crippen LogP contribution in [-0.2, 0) is 14.3 Å². The lowest BCUT2D eigenvalue weighted by Crippen LogP contribution is -2.42. The van der Waals surface area contributed by atoms with E-state index in [1.807, 2.05) is 0 Å². The number of hydrogen-bond acceptors (Lipinski definition) is 4. The minimum Gasteiger partial charge on any atom is -0.370 e. The zero-order valence-electron chi connectivity index (χ0n) is 10.0. The summed E-state index contributed by atoms with van der Waals surface area (Å²) >= 11 is 0. The van der Waals surface area contributed by atoms with E-state index in [4.69, 9.17) is 16.2 Å². The van der Waals surface area contributed by atoms with Crippen molar-refractivity contribution in [3.05, 3.63) is 0 Å². The van der Waals surface area contributed by atoms with Crippen LogP contribution in [0.4, 0.5) is 0 Å². The maximum absolute atomic E-state index is 11.6. The van der Waals surface area contributed by atoms with Gasteiger partial charge in [-0.1, -0.05) is 12.8 Å². The van der Waals surface area contributed by atoms with Gasteiger partial charge in [0.1, 0.15) is 6.61 Å². The molecule has 6 heteroatoms. The van der Waals surface area contributed by atoms with E-state index in [2.05, 4.69) is 5.32 Å². The van der Waals surface area contributed by atoms with E-state index in [-0.39, 0.29) is 24.7 Å². The van der Waals surface area contributed by atoms with Gasteiger partial charge in [0.05, 0.1) is 6.61 Å². The molecule has 0 radical (unpaired) electrons. The normalized spacial score (nSPS) is 17.9. The summed E-state index contributed by atoms with van der Waals surface area (Å²) in [5.41, 5.74) is 10.6. The molecule has 0 spiro atoms. The van der Waals surface area contributed by atoms with Gasteiger partial charge in [-0.25, -0.2) is 0 Å². The van der Waals surface area contributed by atoms with Crippen molar-refractivity contribution in [3.63, 3.8) is 0 Å². The Morgan fingerprint density at radius 2 is 1.94 bits per heavy atom. The Morgan fingerprint density at radius 1 is 1.29 bits per heavy atom. The Kier molecular flexibility index (Phi) is 5.37. The second-order valence-corrected chi connectivity index (χ2v) is 4.62. The van der Waals surface area contributed by atoms with Crippen molar-refractivity contribution >= 4 is 11.8 Å². The van der Waals surface area contributed by atoms with Crippen molar-refractivity contribution in [1.82, 2.24) is 5.32 Å². The fourth-order valence-corrected chi connectivity index (χ4v) is 2.07. The molecule has 0 heterocycles. The Morgan fingerprint density at radius 3 is 2.53 bits per heavy atom. The number of ether oxygens (including phenoxy) is 1. The van der Waals surface area contributed by atoms with Crippen LogP contribution in [0.2, 0.25) is 0 Å². The molecule has 1 fully saturated rings. The van der Waals surface area contributed by atoms with Crippen LogP contribution in [0.5, 0.6) is 0 Å². The highest BCUT2D eigenvalue weighted by atomic mass is 16.5. The van der Waals surface area contributed by atoms with Gasteiger partial charge in [-0.15, -0.1) is 0 Å². The van der Waals surface area contributed by atoms with E-state index in [1.165, 1.54) is 0 Å². The fourth-order valence-electron chi connectivity index (χ4n) is 2.07. The molecule has 0 aromatic rings.